The maximum Gasteiger partial charge on any atom is 0.264 e. The summed E-state index contributed by atoms with van der Waals surface area (Å²) in [5, 5.41) is 0.584. The summed E-state index contributed by atoms with van der Waals surface area (Å²) in [7, 11) is 1.70. The van der Waals surface area contributed by atoms with Crippen molar-refractivity contribution in [3.63, 3.8) is 0 Å². The summed E-state index contributed by atoms with van der Waals surface area (Å²) >= 11 is 5.85. The van der Waals surface area contributed by atoms with E-state index in [2.05, 4.69) is 0 Å². The minimum absolute atomic E-state index is 0.0874. The number of carbonyl (C=O) groups excluding carboxylic acids is 2. The van der Waals surface area contributed by atoms with E-state index < -0.39 is 0 Å². The van der Waals surface area contributed by atoms with E-state index in [9.17, 15) is 9.59 Å². The summed E-state index contributed by atoms with van der Waals surface area (Å²) in [6.45, 7) is -0.0874. The number of rotatable bonds is 6. The lowest BCUT2D eigenvalue weighted by Crippen LogP contribution is -2.31. The molecule has 4 nitrogen and oxygen atoms in total. The zero-order valence-electron chi connectivity index (χ0n) is 14.8. The lowest BCUT2D eigenvalue weighted by molar-refractivity contribution is -0.120. The first-order chi connectivity index (χ1) is 13.0. The number of para-hydroxylation sites is 1. The average molecular weight is 380 g/mol. The number of hydrogen-bond acceptors (Lipinski definition) is 3. The van der Waals surface area contributed by atoms with Gasteiger partial charge in [0.05, 0.1) is 0 Å². The number of ether oxygens (including phenoxy) is 1. The van der Waals surface area contributed by atoms with Gasteiger partial charge < -0.3 is 9.64 Å². The predicted octanol–water partition coefficient (Wildman–Crippen LogP) is 4.61. The van der Waals surface area contributed by atoms with Gasteiger partial charge in [-0.2, -0.15) is 0 Å². The van der Waals surface area contributed by atoms with Crippen LogP contribution in [0.4, 0.5) is 5.69 Å². The number of anilines is 1. The number of benzene rings is 3. The molecule has 0 spiro atoms. The molecule has 0 fully saturated rings. The minimum atomic E-state index is -0.164. The first-order valence-corrected chi connectivity index (χ1v) is 8.77. The molecule has 3 rings (SSSR count). The van der Waals surface area contributed by atoms with Gasteiger partial charge in [0.1, 0.15) is 5.75 Å². The van der Waals surface area contributed by atoms with Gasteiger partial charge in [-0.15, -0.1) is 0 Å². The molecule has 3 aromatic rings. The molecule has 0 N–H and O–H groups in total. The number of carbonyl (C=O) groups is 2. The number of nitrogens with zero attached hydrogens (tertiary/aromatic N) is 1. The van der Waals surface area contributed by atoms with Gasteiger partial charge in [0.25, 0.3) is 5.91 Å². The van der Waals surface area contributed by atoms with Gasteiger partial charge in [0.15, 0.2) is 12.4 Å². The Morgan fingerprint density at radius 1 is 0.852 bits per heavy atom. The summed E-state index contributed by atoms with van der Waals surface area (Å²) in [4.78, 5) is 26.2. The van der Waals surface area contributed by atoms with Gasteiger partial charge in [-0.25, -0.2) is 0 Å². The first kappa shape index (κ1) is 18.7. The van der Waals surface area contributed by atoms with Crippen LogP contribution in [0, 0.1) is 0 Å². The highest BCUT2D eigenvalue weighted by Crippen LogP contribution is 2.18. The van der Waals surface area contributed by atoms with E-state index in [0.29, 0.717) is 21.9 Å². The van der Waals surface area contributed by atoms with Gasteiger partial charge in [-0.05, 0) is 60.7 Å². The summed E-state index contributed by atoms with van der Waals surface area (Å²) in [6, 6.07) is 22.8. The summed E-state index contributed by atoms with van der Waals surface area (Å²) < 4.78 is 5.55. The minimum Gasteiger partial charge on any atom is -0.484 e. The smallest absolute Gasteiger partial charge is 0.264 e. The van der Waals surface area contributed by atoms with Crippen LogP contribution in [-0.4, -0.2) is 25.3 Å². The molecular weight excluding hydrogens is 362 g/mol. The van der Waals surface area contributed by atoms with E-state index in [0.717, 1.165) is 5.69 Å². The fraction of sp³-hybridized carbons (Fsp3) is 0.0909. The Morgan fingerprint density at radius 3 is 2.00 bits per heavy atom. The number of likely N-dealkylation sites (N-methyl/N-ethyl adjacent to an activating group) is 1. The van der Waals surface area contributed by atoms with Crippen molar-refractivity contribution in [2.24, 2.45) is 0 Å². The predicted molar refractivity (Wildman–Crippen MR) is 107 cm³/mol. The molecule has 136 valence electrons. The van der Waals surface area contributed by atoms with Gasteiger partial charge in [0.2, 0.25) is 0 Å². The zero-order chi connectivity index (χ0) is 19.2. The van der Waals surface area contributed by atoms with E-state index in [4.69, 9.17) is 16.3 Å². The molecule has 5 heteroatoms. The van der Waals surface area contributed by atoms with Crippen LogP contribution < -0.4 is 9.64 Å². The molecule has 0 radical (unpaired) electrons. The Kier molecular flexibility index (Phi) is 5.89. The van der Waals surface area contributed by atoms with Crippen molar-refractivity contribution in [1.82, 2.24) is 0 Å². The summed E-state index contributed by atoms with van der Waals surface area (Å²) in [6.07, 6.45) is 0. The molecule has 0 bridgehead atoms. The normalized spacial score (nSPS) is 10.3. The molecule has 0 aliphatic heterocycles. The standard InChI is InChI=1S/C22H18ClNO3/c1-24(19-5-3-2-4-6-19)21(25)15-27-20-13-9-17(10-14-20)22(26)16-7-11-18(23)12-8-16/h2-14H,15H2,1H3. The Morgan fingerprint density at radius 2 is 1.41 bits per heavy atom. The van der Waals surface area contributed by atoms with E-state index in [1.165, 1.54) is 0 Å². The van der Waals surface area contributed by atoms with E-state index in [1.54, 1.807) is 60.5 Å². The van der Waals surface area contributed by atoms with Crippen LogP contribution in [0.5, 0.6) is 5.75 Å². The molecule has 0 aliphatic rings. The molecule has 0 saturated carbocycles. The number of halogens is 1. The van der Waals surface area contributed by atoms with Crippen molar-refractivity contribution in [2.45, 2.75) is 0 Å². The van der Waals surface area contributed by atoms with Crippen LogP contribution in [0.2, 0.25) is 5.02 Å². The zero-order valence-corrected chi connectivity index (χ0v) is 15.5. The fourth-order valence-corrected chi connectivity index (χ4v) is 2.63. The highest BCUT2D eigenvalue weighted by atomic mass is 35.5. The summed E-state index contributed by atoms with van der Waals surface area (Å²) in [5.41, 5.74) is 1.90. The van der Waals surface area contributed by atoms with Crippen molar-refractivity contribution in [3.8, 4) is 5.75 Å². The third kappa shape index (κ3) is 4.74. The van der Waals surface area contributed by atoms with Crippen molar-refractivity contribution >= 4 is 29.0 Å². The van der Waals surface area contributed by atoms with Crippen LogP contribution in [0.3, 0.4) is 0 Å². The highest BCUT2D eigenvalue weighted by molar-refractivity contribution is 6.30. The first-order valence-electron chi connectivity index (χ1n) is 8.39. The second-order valence-corrected chi connectivity index (χ2v) is 6.37. The number of hydrogen-bond donors (Lipinski definition) is 0. The van der Waals surface area contributed by atoms with Gasteiger partial charge in [0, 0.05) is 28.9 Å². The average Bonchev–Trinajstić information content (AvgIpc) is 2.72. The molecule has 0 unspecified atom stereocenters. The van der Waals surface area contributed by atoms with E-state index in [1.807, 2.05) is 30.3 Å². The Labute approximate surface area is 163 Å². The SMILES string of the molecule is CN(C(=O)COc1ccc(C(=O)c2ccc(Cl)cc2)cc1)c1ccccc1. The molecule has 0 aliphatic carbocycles. The molecule has 0 heterocycles. The summed E-state index contributed by atoms with van der Waals surface area (Å²) in [5.74, 6) is 0.262. The maximum atomic E-state index is 12.4. The van der Waals surface area contributed by atoms with Crippen LogP contribution in [0.1, 0.15) is 15.9 Å². The molecular formula is C22H18ClNO3. The lowest BCUT2D eigenvalue weighted by atomic mass is 10.0. The van der Waals surface area contributed by atoms with Crippen molar-refractivity contribution < 1.29 is 14.3 Å². The van der Waals surface area contributed by atoms with Crippen molar-refractivity contribution in [1.29, 1.82) is 0 Å². The third-order valence-electron chi connectivity index (χ3n) is 4.10. The lowest BCUT2D eigenvalue weighted by Gasteiger charge is -2.17. The molecule has 0 atom stereocenters. The monoisotopic (exact) mass is 379 g/mol. The van der Waals surface area contributed by atoms with Crippen LogP contribution in [0.25, 0.3) is 0 Å². The highest BCUT2D eigenvalue weighted by Gasteiger charge is 2.12. The maximum absolute atomic E-state index is 12.4. The quantitative estimate of drug-likeness (QED) is 0.587. The molecule has 3 aromatic carbocycles. The third-order valence-corrected chi connectivity index (χ3v) is 4.35. The number of ketones is 1. The van der Waals surface area contributed by atoms with Crippen LogP contribution in [-0.2, 0) is 4.79 Å². The fourth-order valence-electron chi connectivity index (χ4n) is 2.51. The van der Waals surface area contributed by atoms with Crippen molar-refractivity contribution in [3.05, 3.63) is 95.0 Å². The number of amides is 1. The van der Waals surface area contributed by atoms with Crippen LogP contribution >= 0.6 is 11.6 Å². The van der Waals surface area contributed by atoms with Crippen LogP contribution in [0.15, 0.2) is 78.9 Å². The topological polar surface area (TPSA) is 46.6 Å². The van der Waals surface area contributed by atoms with Gasteiger partial charge in [-0.1, -0.05) is 29.8 Å². The molecule has 27 heavy (non-hydrogen) atoms. The second-order valence-electron chi connectivity index (χ2n) is 5.94. The molecule has 0 aromatic heterocycles. The Hall–Kier alpha value is -3.11. The van der Waals surface area contributed by atoms with E-state index >= 15 is 0 Å². The van der Waals surface area contributed by atoms with E-state index in [-0.39, 0.29) is 18.3 Å². The Bertz CT molecular complexity index is 922. The molecule has 0 saturated heterocycles. The van der Waals surface area contributed by atoms with Gasteiger partial charge >= 0.3 is 0 Å². The molecule has 1 amide bonds. The Balaban J connectivity index is 1.60. The second kappa shape index (κ2) is 8.52. The largest absolute Gasteiger partial charge is 0.484 e. The van der Waals surface area contributed by atoms with Crippen molar-refractivity contribution in [2.75, 3.05) is 18.6 Å². The van der Waals surface area contributed by atoms with Gasteiger partial charge in [-0.3, -0.25) is 9.59 Å².